The van der Waals surface area contributed by atoms with E-state index in [0.717, 1.165) is 28.8 Å². The van der Waals surface area contributed by atoms with Crippen LogP contribution in [0.4, 0.5) is 0 Å². The van der Waals surface area contributed by atoms with Crippen molar-refractivity contribution in [3.63, 3.8) is 0 Å². The van der Waals surface area contributed by atoms with Gasteiger partial charge < -0.3 is 4.57 Å². The van der Waals surface area contributed by atoms with Gasteiger partial charge >= 0.3 is 0 Å². The second-order valence-corrected chi connectivity index (χ2v) is 13.4. The molecule has 1 atom stereocenters. The van der Waals surface area contributed by atoms with Gasteiger partial charge in [0.2, 0.25) is 0 Å². The SMILES string of the molecule is Cc1ccccc1-c1c2c(c3c4ccccc4n(-c4ccc(-c5nc(-c6ccccc6)nc(-c6ccccc6)n5)cc4)c3c1C)CC(C)C=C2. The number of fused-ring (bicyclic) bond motifs is 5. The third-order valence-corrected chi connectivity index (χ3v) is 10.1. The number of hydrogen-bond acceptors (Lipinski definition) is 3. The molecule has 9 rings (SSSR count). The summed E-state index contributed by atoms with van der Waals surface area (Å²) in [5, 5.41) is 2.66. The maximum atomic E-state index is 4.98. The number of hydrogen-bond donors (Lipinski definition) is 0. The molecular formula is C46H36N4. The fourth-order valence-corrected chi connectivity index (χ4v) is 7.72. The van der Waals surface area contributed by atoms with E-state index >= 15 is 0 Å². The van der Waals surface area contributed by atoms with E-state index in [4.69, 9.17) is 15.0 Å². The van der Waals surface area contributed by atoms with Crippen molar-refractivity contribution in [3.05, 3.63) is 162 Å². The van der Waals surface area contributed by atoms with Crippen molar-refractivity contribution < 1.29 is 0 Å². The lowest BCUT2D eigenvalue weighted by Gasteiger charge is -2.24. The highest BCUT2D eigenvalue weighted by atomic mass is 15.0. The molecule has 0 saturated carbocycles. The third kappa shape index (κ3) is 4.95. The highest BCUT2D eigenvalue weighted by molar-refractivity contribution is 6.15. The summed E-state index contributed by atoms with van der Waals surface area (Å²) in [7, 11) is 0. The summed E-state index contributed by atoms with van der Waals surface area (Å²) in [6, 6.07) is 46.6. The highest BCUT2D eigenvalue weighted by Crippen LogP contribution is 2.46. The molecule has 0 fully saturated rings. The van der Waals surface area contributed by atoms with Crippen LogP contribution in [0.15, 0.2) is 140 Å². The van der Waals surface area contributed by atoms with E-state index < -0.39 is 0 Å². The van der Waals surface area contributed by atoms with Crippen molar-refractivity contribution in [3.8, 4) is 51.0 Å². The predicted molar refractivity (Wildman–Crippen MR) is 207 cm³/mol. The Labute approximate surface area is 292 Å². The molecule has 0 amide bonds. The topological polar surface area (TPSA) is 43.6 Å². The van der Waals surface area contributed by atoms with Gasteiger partial charge in [0, 0.05) is 33.2 Å². The third-order valence-electron chi connectivity index (χ3n) is 10.1. The lowest BCUT2D eigenvalue weighted by molar-refractivity contribution is 0.722. The number of benzene rings is 6. The van der Waals surface area contributed by atoms with Crippen LogP contribution in [0.1, 0.15) is 29.2 Å². The van der Waals surface area contributed by atoms with Crippen molar-refractivity contribution in [1.82, 2.24) is 19.5 Å². The van der Waals surface area contributed by atoms with Gasteiger partial charge in [-0.15, -0.1) is 0 Å². The van der Waals surface area contributed by atoms with Crippen LogP contribution in [0.3, 0.4) is 0 Å². The largest absolute Gasteiger partial charge is 0.309 e. The molecule has 8 aromatic rings. The van der Waals surface area contributed by atoms with Crippen LogP contribution in [0.25, 0.3) is 78.9 Å². The zero-order valence-corrected chi connectivity index (χ0v) is 28.4. The maximum Gasteiger partial charge on any atom is 0.164 e. The molecule has 4 nitrogen and oxygen atoms in total. The van der Waals surface area contributed by atoms with E-state index in [9.17, 15) is 0 Å². The predicted octanol–water partition coefficient (Wildman–Crippen LogP) is 11.5. The Morgan fingerprint density at radius 3 is 1.80 bits per heavy atom. The Morgan fingerprint density at radius 2 is 1.16 bits per heavy atom. The van der Waals surface area contributed by atoms with Crippen molar-refractivity contribution in [2.45, 2.75) is 27.2 Å². The summed E-state index contributed by atoms with van der Waals surface area (Å²) in [5.41, 5.74) is 14.5. The highest BCUT2D eigenvalue weighted by Gasteiger charge is 2.26. The summed E-state index contributed by atoms with van der Waals surface area (Å²) >= 11 is 0. The maximum absolute atomic E-state index is 4.98. The summed E-state index contributed by atoms with van der Waals surface area (Å²) in [4.78, 5) is 14.8. The Morgan fingerprint density at radius 1 is 0.600 bits per heavy atom. The van der Waals surface area contributed by atoms with E-state index in [-0.39, 0.29) is 0 Å². The molecule has 0 radical (unpaired) electrons. The number of para-hydroxylation sites is 1. The van der Waals surface area contributed by atoms with Gasteiger partial charge in [0.05, 0.1) is 11.0 Å². The van der Waals surface area contributed by atoms with E-state index in [1.165, 1.54) is 55.2 Å². The minimum Gasteiger partial charge on any atom is -0.309 e. The smallest absolute Gasteiger partial charge is 0.164 e. The van der Waals surface area contributed by atoms with Crippen molar-refractivity contribution in [2.24, 2.45) is 5.92 Å². The second-order valence-electron chi connectivity index (χ2n) is 13.4. The Kier molecular flexibility index (Phi) is 7.24. The van der Waals surface area contributed by atoms with Gasteiger partial charge in [-0.25, -0.2) is 15.0 Å². The first-order valence-corrected chi connectivity index (χ1v) is 17.4. The van der Waals surface area contributed by atoms with E-state index in [2.05, 4.69) is 110 Å². The summed E-state index contributed by atoms with van der Waals surface area (Å²) in [5.74, 6) is 2.45. The molecular weight excluding hydrogens is 609 g/mol. The molecule has 240 valence electrons. The molecule has 1 unspecified atom stereocenters. The molecule has 0 N–H and O–H groups in total. The first-order chi connectivity index (χ1) is 24.5. The van der Waals surface area contributed by atoms with E-state index in [1.807, 2.05) is 60.7 Å². The fraction of sp³-hybridized carbons (Fsp3) is 0.109. The molecule has 0 saturated heterocycles. The monoisotopic (exact) mass is 644 g/mol. The summed E-state index contributed by atoms with van der Waals surface area (Å²) in [6.07, 6.45) is 5.77. The van der Waals surface area contributed by atoms with Crippen LogP contribution in [0, 0.1) is 19.8 Å². The van der Waals surface area contributed by atoms with E-state index in [0.29, 0.717) is 23.4 Å². The molecule has 2 heterocycles. The van der Waals surface area contributed by atoms with Crippen LogP contribution < -0.4 is 0 Å². The summed E-state index contributed by atoms with van der Waals surface area (Å²) in [6.45, 7) is 6.85. The lowest BCUT2D eigenvalue weighted by Crippen LogP contribution is -2.08. The van der Waals surface area contributed by atoms with Gasteiger partial charge in [0.25, 0.3) is 0 Å². The molecule has 1 aliphatic rings. The average molecular weight is 645 g/mol. The van der Waals surface area contributed by atoms with Crippen LogP contribution in [0.5, 0.6) is 0 Å². The number of nitrogens with zero attached hydrogens (tertiary/aromatic N) is 4. The standard InChI is InChI=1S/C46H36N4/c1-29-22-27-37-39(28-29)42-38-20-12-13-21-40(38)50(43(42)31(3)41(37)36-19-11-10-14-30(36)2)35-25-23-34(24-26-35)46-48-44(32-15-6-4-7-16-32)47-45(49-46)33-17-8-5-9-18-33/h4-27,29H,28H2,1-3H3. The van der Waals surface area contributed by atoms with Crippen LogP contribution in [-0.2, 0) is 6.42 Å². The van der Waals surface area contributed by atoms with Crippen molar-refractivity contribution in [2.75, 3.05) is 0 Å². The minimum absolute atomic E-state index is 0.474. The first-order valence-electron chi connectivity index (χ1n) is 17.4. The van der Waals surface area contributed by atoms with Crippen LogP contribution in [0.2, 0.25) is 0 Å². The Balaban J connectivity index is 1.26. The zero-order valence-electron chi connectivity index (χ0n) is 28.4. The zero-order chi connectivity index (χ0) is 33.8. The normalized spacial score (nSPS) is 13.9. The molecule has 4 heteroatoms. The molecule has 2 aromatic heterocycles. The van der Waals surface area contributed by atoms with E-state index in [1.54, 1.807) is 0 Å². The molecule has 0 aliphatic heterocycles. The number of rotatable bonds is 5. The molecule has 1 aliphatic carbocycles. The van der Waals surface area contributed by atoms with Gasteiger partial charge in [0.1, 0.15) is 0 Å². The average Bonchev–Trinajstić information content (AvgIpc) is 3.52. The number of aryl methyl sites for hydroxylation is 2. The molecule has 0 bridgehead atoms. The number of aromatic nitrogens is 4. The van der Waals surface area contributed by atoms with Gasteiger partial charge in [-0.2, -0.15) is 0 Å². The van der Waals surface area contributed by atoms with Gasteiger partial charge in [-0.3, -0.25) is 0 Å². The van der Waals surface area contributed by atoms with Gasteiger partial charge in [0.15, 0.2) is 17.5 Å². The molecule has 50 heavy (non-hydrogen) atoms. The molecule has 6 aromatic carbocycles. The lowest BCUT2D eigenvalue weighted by atomic mass is 9.80. The van der Waals surface area contributed by atoms with Crippen LogP contribution in [-0.4, -0.2) is 19.5 Å². The van der Waals surface area contributed by atoms with Crippen molar-refractivity contribution in [1.29, 1.82) is 0 Å². The molecule has 0 spiro atoms. The second kappa shape index (κ2) is 12.1. The first kappa shape index (κ1) is 30.0. The van der Waals surface area contributed by atoms with Gasteiger partial charge in [-0.1, -0.05) is 122 Å². The summed E-state index contributed by atoms with van der Waals surface area (Å²) < 4.78 is 2.47. The Hall–Kier alpha value is -6.13. The fourth-order valence-electron chi connectivity index (χ4n) is 7.72. The van der Waals surface area contributed by atoms with Crippen LogP contribution >= 0.6 is 0 Å². The minimum atomic E-state index is 0.474. The Bertz CT molecular complexity index is 2520. The van der Waals surface area contributed by atoms with Crippen molar-refractivity contribution >= 4 is 27.9 Å². The quantitative estimate of drug-likeness (QED) is 0.187. The number of allylic oxidation sites excluding steroid dienone is 1. The van der Waals surface area contributed by atoms with Gasteiger partial charge in [-0.05, 0) is 89.9 Å².